The Morgan fingerprint density at radius 2 is 2.10 bits per heavy atom. The summed E-state index contributed by atoms with van der Waals surface area (Å²) in [5.41, 5.74) is 0.730. The third kappa shape index (κ3) is 3.71. The molecule has 0 saturated heterocycles. The molecule has 0 bridgehead atoms. The molecule has 0 aliphatic carbocycles. The average molecular weight is 319 g/mol. The Kier molecular flexibility index (Phi) is 5.53. The number of aromatic nitrogens is 2. The van der Waals surface area contributed by atoms with Gasteiger partial charge in [0.05, 0.1) is 17.5 Å². The van der Waals surface area contributed by atoms with Crippen molar-refractivity contribution >= 4 is 25.6 Å². The number of rotatable bonds is 6. The molecule has 0 radical (unpaired) electrons. The predicted octanol–water partition coefficient (Wildman–Crippen LogP) is 0.575. The predicted molar refractivity (Wildman–Crippen MR) is 72.6 cm³/mol. The first-order valence-corrected chi connectivity index (χ1v) is 8.32. The Labute approximate surface area is 121 Å². The fourth-order valence-electron chi connectivity index (χ4n) is 1.85. The summed E-state index contributed by atoms with van der Waals surface area (Å²) in [7, 11) is 1.52. The van der Waals surface area contributed by atoms with Crippen molar-refractivity contribution in [1.82, 2.24) is 15.1 Å². The molecule has 7 nitrogen and oxygen atoms in total. The van der Waals surface area contributed by atoms with Crippen molar-refractivity contribution in [3.63, 3.8) is 0 Å². The largest absolute Gasteiger partial charge is 0.341 e. The van der Waals surface area contributed by atoms with Gasteiger partial charge < -0.3 is 5.32 Å². The highest BCUT2D eigenvalue weighted by Crippen LogP contribution is 2.25. The van der Waals surface area contributed by atoms with Crippen molar-refractivity contribution in [3.05, 3.63) is 11.4 Å². The molecule has 0 aromatic carbocycles. The quantitative estimate of drug-likeness (QED) is 0.610. The van der Waals surface area contributed by atoms with E-state index >= 15 is 0 Å². The topological polar surface area (TPSA) is 105 Å². The molecule has 1 amide bonds. The van der Waals surface area contributed by atoms with Crippen LogP contribution < -0.4 is 5.32 Å². The highest BCUT2D eigenvalue weighted by molar-refractivity contribution is 8.13. The molecular weight excluding hydrogens is 304 g/mol. The summed E-state index contributed by atoms with van der Waals surface area (Å²) >= 11 is 0. The maximum absolute atomic E-state index is 11.6. The van der Waals surface area contributed by atoms with E-state index in [1.165, 1.54) is 4.68 Å². The lowest BCUT2D eigenvalue weighted by Gasteiger charge is -2.06. The number of aryl methyl sites for hydroxylation is 1. The van der Waals surface area contributed by atoms with Crippen LogP contribution in [0.5, 0.6) is 0 Å². The second-order valence-corrected chi connectivity index (χ2v) is 6.46. The van der Waals surface area contributed by atoms with Crippen LogP contribution in [0.2, 0.25) is 0 Å². The van der Waals surface area contributed by atoms with Gasteiger partial charge in [-0.3, -0.25) is 9.48 Å². The first-order valence-electron chi connectivity index (χ1n) is 6.01. The summed E-state index contributed by atoms with van der Waals surface area (Å²) < 4.78 is 24.6. The molecule has 0 aliphatic rings. The van der Waals surface area contributed by atoms with Gasteiger partial charge in [0, 0.05) is 10.7 Å². The Bertz CT molecular complexity index is 645. The molecule has 0 saturated carbocycles. The van der Waals surface area contributed by atoms with Crippen LogP contribution in [0.3, 0.4) is 0 Å². The summed E-state index contributed by atoms with van der Waals surface area (Å²) in [6.07, 6.45) is 0.765. The summed E-state index contributed by atoms with van der Waals surface area (Å²) in [6, 6.07) is 1.79. The molecule has 1 aromatic heterocycles. The zero-order chi connectivity index (χ0) is 15.3. The molecule has 0 spiro atoms. The Morgan fingerprint density at radius 1 is 1.45 bits per heavy atom. The van der Waals surface area contributed by atoms with Crippen molar-refractivity contribution in [1.29, 1.82) is 5.26 Å². The lowest BCUT2D eigenvalue weighted by molar-refractivity contribution is -0.121. The zero-order valence-electron chi connectivity index (χ0n) is 11.2. The number of nitriles is 1. The fourth-order valence-corrected chi connectivity index (χ4v) is 3.38. The molecule has 110 valence electrons. The smallest absolute Gasteiger partial charge is 0.264 e. The Balaban J connectivity index is 3.19. The van der Waals surface area contributed by atoms with E-state index in [0.717, 1.165) is 0 Å². The highest BCUT2D eigenvalue weighted by atomic mass is 35.7. The molecule has 9 heteroatoms. The van der Waals surface area contributed by atoms with Gasteiger partial charge in [0.15, 0.2) is 0 Å². The molecule has 0 aliphatic heterocycles. The van der Waals surface area contributed by atoms with Crippen molar-refractivity contribution in [3.8, 4) is 6.07 Å². The Hall–Kier alpha value is -1.59. The minimum atomic E-state index is -3.92. The monoisotopic (exact) mass is 318 g/mol. The third-order valence-electron chi connectivity index (χ3n) is 2.65. The number of nitrogens with zero attached hydrogens (tertiary/aromatic N) is 3. The minimum Gasteiger partial charge on any atom is -0.341 e. The maximum atomic E-state index is 11.6. The van der Waals surface area contributed by atoms with Gasteiger partial charge in [0.2, 0.25) is 5.91 Å². The SMILES string of the molecule is CCc1nn(CC(=O)NCC#N)c(CC)c1S(=O)(=O)Cl. The fraction of sp³-hybridized carbons (Fsp3) is 0.545. The van der Waals surface area contributed by atoms with Gasteiger partial charge in [-0.2, -0.15) is 10.4 Å². The van der Waals surface area contributed by atoms with Crippen LogP contribution in [0.4, 0.5) is 0 Å². The highest BCUT2D eigenvalue weighted by Gasteiger charge is 2.25. The summed E-state index contributed by atoms with van der Waals surface area (Å²) in [4.78, 5) is 11.6. The number of nitrogens with one attached hydrogen (secondary N) is 1. The normalized spacial score (nSPS) is 11.1. The second-order valence-electron chi connectivity index (χ2n) is 3.96. The zero-order valence-corrected chi connectivity index (χ0v) is 12.8. The third-order valence-corrected chi connectivity index (χ3v) is 4.07. The van der Waals surface area contributed by atoms with Gasteiger partial charge in [-0.25, -0.2) is 8.42 Å². The van der Waals surface area contributed by atoms with Crippen LogP contribution >= 0.6 is 10.7 Å². The van der Waals surface area contributed by atoms with Gasteiger partial charge >= 0.3 is 0 Å². The van der Waals surface area contributed by atoms with Crippen molar-refractivity contribution in [2.24, 2.45) is 0 Å². The van der Waals surface area contributed by atoms with Crippen LogP contribution in [0.25, 0.3) is 0 Å². The first kappa shape index (κ1) is 16.5. The number of hydrogen-bond donors (Lipinski definition) is 1. The van der Waals surface area contributed by atoms with Gasteiger partial charge in [0.1, 0.15) is 18.0 Å². The average Bonchev–Trinajstić information content (AvgIpc) is 2.73. The number of hydrogen-bond acceptors (Lipinski definition) is 5. The molecule has 0 fully saturated rings. The van der Waals surface area contributed by atoms with Crippen LogP contribution in [-0.4, -0.2) is 30.7 Å². The molecule has 0 atom stereocenters. The number of carbonyl (C=O) groups is 1. The Morgan fingerprint density at radius 3 is 2.55 bits per heavy atom. The first-order chi connectivity index (χ1) is 9.35. The van der Waals surface area contributed by atoms with Crippen LogP contribution in [0.15, 0.2) is 4.90 Å². The van der Waals surface area contributed by atoms with E-state index in [-0.39, 0.29) is 18.0 Å². The van der Waals surface area contributed by atoms with E-state index in [1.807, 2.05) is 0 Å². The lowest BCUT2D eigenvalue weighted by Crippen LogP contribution is -2.28. The van der Waals surface area contributed by atoms with E-state index in [0.29, 0.717) is 24.2 Å². The van der Waals surface area contributed by atoms with Crippen LogP contribution in [0.1, 0.15) is 25.2 Å². The van der Waals surface area contributed by atoms with E-state index in [2.05, 4.69) is 10.4 Å². The molecular formula is C11H15ClN4O3S. The standard InChI is InChI=1S/C11H15ClN4O3S/c1-3-8-11(20(12,18)19)9(4-2)16(15-8)7-10(17)14-6-5-13/h3-4,6-7H2,1-2H3,(H,14,17). The van der Waals surface area contributed by atoms with Crippen molar-refractivity contribution < 1.29 is 13.2 Å². The number of halogens is 1. The molecule has 20 heavy (non-hydrogen) atoms. The summed E-state index contributed by atoms with van der Waals surface area (Å²) in [5, 5.41) is 14.9. The second kappa shape index (κ2) is 6.72. The van der Waals surface area contributed by atoms with E-state index < -0.39 is 15.0 Å². The molecule has 1 rings (SSSR count). The van der Waals surface area contributed by atoms with Gasteiger partial charge in [-0.15, -0.1) is 0 Å². The van der Waals surface area contributed by atoms with E-state index in [9.17, 15) is 13.2 Å². The minimum absolute atomic E-state index is 0.0164. The summed E-state index contributed by atoms with van der Waals surface area (Å²) in [5.74, 6) is -0.412. The van der Waals surface area contributed by atoms with E-state index in [4.69, 9.17) is 15.9 Å². The molecule has 1 N–H and O–H groups in total. The lowest BCUT2D eigenvalue weighted by atomic mass is 10.2. The van der Waals surface area contributed by atoms with Gasteiger partial charge in [-0.05, 0) is 12.8 Å². The number of carbonyl (C=O) groups excluding carboxylic acids is 1. The van der Waals surface area contributed by atoms with Gasteiger partial charge in [0.25, 0.3) is 9.05 Å². The van der Waals surface area contributed by atoms with E-state index in [1.54, 1.807) is 19.9 Å². The number of amides is 1. The van der Waals surface area contributed by atoms with Gasteiger partial charge in [-0.1, -0.05) is 13.8 Å². The van der Waals surface area contributed by atoms with Crippen LogP contribution in [0, 0.1) is 11.3 Å². The molecule has 0 unspecified atom stereocenters. The molecule has 1 heterocycles. The van der Waals surface area contributed by atoms with Crippen molar-refractivity contribution in [2.45, 2.75) is 38.1 Å². The maximum Gasteiger partial charge on any atom is 0.264 e. The summed E-state index contributed by atoms with van der Waals surface area (Å²) in [6.45, 7) is 3.26. The van der Waals surface area contributed by atoms with Crippen molar-refractivity contribution in [2.75, 3.05) is 6.54 Å². The van der Waals surface area contributed by atoms with Crippen LogP contribution in [-0.2, 0) is 33.2 Å². The molecule has 1 aromatic rings.